The van der Waals surface area contributed by atoms with Gasteiger partial charge in [0.15, 0.2) is 0 Å². The number of anilines is 3. The van der Waals surface area contributed by atoms with Crippen molar-refractivity contribution in [1.29, 1.82) is 0 Å². The van der Waals surface area contributed by atoms with Crippen LogP contribution in [0.25, 0.3) is 0 Å². The topological polar surface area (TPSA) is 26.8 Å². The van der Waals surface area contributed by atoms with Crippen LogP contribution in [0.2, 0.25) is 0 Å². The number of hydrogen-bond acceptors (Lipinski definition) is 4. The fourth-order valence-corrected chi connectivity index (χ4v) is 2.82. The van der Waals surface area contributed by atoms with Gasteiger partial charge in [0.1, 0.15) is 6.29 Å². The number of carbonyl (C=O) groups excluding carboxylic acids is 1. The third-order valence-corrected chi connectivity index (χ3v) is 3.86. The highest BCUT2D eigenvalue weighted by Crippen LogP contribution is 2.39. The van der Waals surface area contributed by atoms with Crippen LogP contribution >= 0.6 is 0 Å². The molecule has 0 aliphatic carbocycles. The second-order valence-electron chi connectivity index (χ2n) is 5.86. The highest BCUT2D eigenvalue weighted by Gasteiger charge is 2.21. The molecule has 0 atom stereocenters. The van der Waals surface area contributed by atoms with Gasteiger partial charge in [0, 0.05) is 46.8 Å². The van der Waals surface area contributed by atoms with Crippen LogP contribution in [0.3, 0.4) is 0 Å². The monoisotopic (exact) mass is 275 g/mol. The molecule has 0 spiro atoms. The van der Waals surface area contributed by atoms with E-state index in [1.165, 1.54) is 24.9 Å². The lowest BCUT2D eigenvalue weighted by Crippen LogP contribution is -2.32. The zero-order valence-corrected chi connectivity index (χ0v) is 13.0. The van der Waals surface area contributed by atoms with E-state index in [0.29, 0.717) is 0 Å². The lowest BCUT2D eigenvalue weighted by molar-refractivity contribution is 0.112. The maximum atomic E-state index is 11.2. The zero-order valence-electron chi connectivity index (χ0n) is 13.0. The van der Waals surface area contributed by atoms with Crippen molar-refractivity contribution in [2.24, 2.45) is 0 Å². The van der Waals surface area contributed by atoms with E-state index in [-0.39, 0.29) is 0 Å². The fourth-order valence-electron chi connectivity index (χ4n) is 2.82. The summed E-state index contributed by atoms with van der Waals surface area (Å²) < 4.78 is 0. The van der Waals surface area contributed by atoms with Gasteiger partial charge in [0.25, 0.3) is 0 Å². The molecule has 1 heterocycles. The molecule has 110 valence electrons. The van der Waals surface area contributed by atoms with E-state index < -0.39 is 0 Å². The minimum atomic E-state index is 0.734. The highest BCUT2D eigenvalue weighted by molar-refractivity contribution is 5.91. The van der Waals surface area contributed by atoms with Crippen molar-refractivity contribution in [3.8, 4) is 0 Å². The molecule has 0 amide bonds. The van der Waals surface area contributed by atoms with Crippen molar-refractivity contribution in [2.75, 3.05) is 56.0 Å². The quantitative estimate of drug-likeness (QED) is 0.789. The van der Waals surface area contributed by atoms with Crippen molar-refractivity contribution >= 4 is 23.3 Å². The van der Waals surface area contributed by atoms with Crippen LogP contribution in [-0.4, -0.2) is 47.6 Å². The Morgan fingerprint density at radius 1 is 0.950 bits per heavy atom. The smallest absolute Gasteiger partial charge is 0.150 e. The minimum absolute atomic E-state index is 0.734. The molecule has 1 fully saturated rings. The summed E-state index contributed by atoms with van der Waals surface area (Å²) in [4.78, 5) is 17.9. The van der Waals surface area contributed by atoms with E-state index in [9.17, 15) is 4.79 Å². The Morgan fingerprint density at radius 3 is 1.85 bits per heavy atom. The number of aldehydes is 1. The Bertz CT molecular complexity index is 448. The average Bonchev–Trinajstić information content (AvgIpc) is 2.46. The van der Waals surface area contributed by atoms with Gasteiger partial charge in [-0.1, -0.05) is 0 Å². The number of piperidine rings is 1. The van der Waals surface area contributed by atoms with E-state index >= 15 is 0 Å². The first-order valence-electron chi connectivity index (χ1n) is 7.27. The molecule has 0 radical (unpaired) electrons. The lowest BCUT2D eigenvalue weighted by Gasteiger charge is -2.35. The third kappa shape index (κ3) is 2.89. The summed E-state index contributed by atoms with van der Waals surface area (Å²) in [5.41, 5.74) is 4.24. The Balaban J connectivity index is 2.57. The number of carbonyl (C=O) groups is 1. The van der Waals surface area contributed by atoms with Gasteiger partial charge in [0.2, 0.25) is 0 Å². The minimum Gasteiger partial charge on any atom is -0.376 e. The van der Waals surface area contributed by atoms with E-state index in [0.717, 1.165) is 36.3 Å². The first kappa shape index (κ1) is 14.7. The van der Waals surface area contributed by atoms with Crippen molar-refractivity contribution in [2.45, 2.75) is 19.3 Å². The molecule has 0 N–H and O–H groups in total. The molecule has 1 aromatic carbocycles. The van der Waals surface area contributed by atoms with Gasteiger partial charge >= 0.3 is 0 Å². The van der Waals surface area contributed by atoms with Gasteiger partial charge in [-0.3, -0.25) is 4.79 Å². The summed E-state index contributed by atoms with van der Waals surface area (Å²) in [7, 11) is 8.15. The molecule has 0 saturated carbocycles. The average molecular weight is 275 g/mol. The standard InChI is InChI=1S/C16H25N3O/c1-17(2)14-10-13(12-20)11-15(18(3)4)16(14)19-8-6-5-7-9-19/h10-12H,5-9H2,1-4H3. The number of rotatable bonds is 4. The normalized spacial score (nSPS) is 15.1. The molecule has 1 aliphatic rings. The largest absolute Gasteiger partial charge is 0.376 e. The molecule has 0 aromatic heterocycles. The van der Waals surface area contributed by atoms with Crippen LogP contribution in [0.1, 0.15) is 29.6 Å². The van der Waals surface area contributed by atoms with E-state index in [1.54, 1.807) is 0 Å². The maximum Gasteiger partial charge on any atom is 0.150 e. The lowest BCUT2D eigenvalue weighted by atomic mass is 10.1. The second kappa shape index (κ2) is 6.16. The summed E-state index contributed by atoms with van der Waals surface area (Å²) in [6.45, 7) is 2.20. The van der Waals surface area contributed by atoms with Gasteiger partial charge in [-0.25, -0.2) is 0 Å². The number of benzene rings is 1. The van der Waals surface area contributed by atoms with Crippen LogP contribution in [0.15, 0.2) is 12.1 Å². The number of hydrogen-bond donors (Lipinski definition) is 0. The third-order valence-electron chi connectivity index (χ3n) is 3.86. The Hall–Kier alpha value is -1.71. The van der Waals surface area contributed by atoms with Crippen molar-refractivity contribution < 1.29 is 4.79 Å². The van der Waals surface area contributed by atoms with Crippen LogP contribution in [-0.2, 0) is 0 Å². The number of nitrogens with zero attached hydrogens (tertiary/aromatic N) is 3. The molecule has 2 rings (SSSR count). The van der Waals surface area contributed by atoms with Crippen LogP contribution in [0, 0.1) is 0 Å². The second-order valence-corrected chi connectivity index (χ2v) is 5.86. The predicted molar refractivity (Wildman–Crippen MR) is 86.5 cm³/mol. The van der Waals surface area contributed by atoms with E-state index in [4.69, 9.17) is 0 Å². The Kier molecular flexibility index (Phi) is 4.53. The SMILES string of the molecule is CN(C)c1cc(C=O)cc(N(C)C)c1N1CCCCC1. The Morgan fingerprint density at radius 2 is 1.45 bits per heavy atom. The summed E-state index contributed by atoms with van der Waals surface area (Å²) in [5.74, 6) is 0. The highest BCUT2D eigenvalue weighted by atomic mass is 16.1. The first-order chi connectivity index (χ1) is 9.54. The van der Waals surface area contributed by atoms with Gasteiger partial charge in [-0.2, -0.15) is 0 Å². The summed E-state index contributed by atoms with van der Waals surface area (Å²) in [6, 6.07) is 3.98. The van der Waals surface area contributed by atoms with Gasteiger partial charge < -0.3 is 14.7 Å². The van der Waals surface area contributed by atoms with Crippen molar-refractivity contribution in [3.05, 3.63) is 17.7 Å². The first-order valence-corrected chi connectivity index (χ1v) is 7.27. The molecule has 20 heavy (non-hydrogen) atoms. The van der Waals surface area contributed by atoms with Gasteiger partial charge in [-0.05, 0) is 31.4 Å². The summed E-state index contributed by atoms with van der Waals surface area (Å²) >= 11 is 0. The van der Waals surface area contributed by atoms with Crippen LogP contribution in [0.5, 0.6) is 0 Å². The van der Waals surface area contributed by atoms with E-state index in [2.05, 4.69) is 14.7 Å². The molecule has 1 saturated heterocycles. The maximum absolute atomic E-state index is 11.2. The van der Waals surface area contributed by atoms with Crippen molar-refractivity contribution in [1.82, 2.24) is 0 Å². The summed E-state index contributed by atoms with van der Waals surface area (Å²) in [5, 5.41) is 0. The fraction of sp³-hybridized carbons (Fsp3) is 0.562. The molecule has 1 aromatic rings. The molecular weight excluding hydrogens is 250 g/mol. The molecule has 0 unspecified atom stereocenters. The van der Waals surface area contributed by atoms with Gasteiger partial charge in [-0.15, -0.1) is 0 Å². The summed E-state index contributed by atoms with van der Waals surface area (Å²) in [6.07, 6.45) is 4.74. The zero-order chi connectivity index (χ0) is 14.7. The van der Waals surface area contributed by atoms with Gasteiger partial charge in [0.05, 0.1) is 17.1 Å². The molecule has 0 bridgehead atoms. The molecular formula is C16H25N3O. The van der Waals surface area contributed by atoms with Crippen LogP contribution in [0.4, 0.5) is 17.1 Å². The van der Waals surface area contributed by atoms with Crippen molar-refractivity contribution in [3.63, 3.8) is 0 Å². The molecule has 4 heteroatoms. The van der Waals surface area contributed by atoms with Crippen LogP contribution < -0.4 is 14.7 Å². The van der Waals surface area contributed by atoms with E-state index in [1.807, 2.05) is 40.3 Å². The predicted octanol–water partition coefficient (Wildman–Crippen LogP) is 2.62. The Labute approximate surface area is 122 Å². The molecule has 1 aliphatic heterocycles. The molecule has 4 nitrogen and oxygen atoms in total.